The second kappa shape index (κ2) is 10.2. The van der Waals surface area contributed by atoms with E-state index in [1.807, 2.05) is 0 Å². The van der Waals surface area contributed by atoms with Gasteiger partial charge in [0.15, 0.2) is 5.11 Å². The van der Waals surface area contributed by atoms with Gasteiger partial charge in [0.05, 0.1) is 15.5 Å². The van der Waals surface area contributed by atoms with Gasteiger partial charge >= 0.3 is 0 Å². The summed E-state index contributed by atoms with van der Waals surface area (Å²) in [6, 6.07) is 19.8. The molecule has 3 aromatic carbocycles. The van der Waals surface area contributed by atoms with E-state index >= 15 is 0 Å². The molecule has 0 atom stereocenters. The molecule has 0 aliphatic heterocycles. The van der Waals surface area contributed by atoms with Gasteiger partial charge in [-0.3, -0.25) is 20.2 Å². The first-order valence-electron chi connectivity index (χ1n) is 9.83. The van der Waals surface area contributed by atoms with Gasteiger partial charge in [0.25, 0.3) is 21.6 Å². The molecule has 0 heterocycles. The summed E-state index contributed by atoms with van der Waals surface area (Å²) in [7, 11) is -3.93. The second-order valence-electron chi connectivity index (χ2n) is 7.05. The van der Waals surface area contributed by atoms with E-state index in [4.69, 9.17) is 12.2 Å². The fourth-order valence-electron chi connectivity index (χ4n) is 3.10. The molecule has 11 heteroatoms. The van der Waals surface area contributed by atoms with Gasteiger partial charge in [-0.2, -0.15) is 0 Å². The number of nitrogens with one attached hydrogen (secondary N) is 2. The van der Waals surface area contributed by atoms with E-state index in [0.717, 1.165) is 4.31 Å². The Labute approximate surface area is 201 Å². The van der Waals surface area contributed by atoms with Crippen molar-refractivity contribution < 1.29 is 18.1 Å². The summed E-state index contributed by atoms with van der Waals surface area (Å²) in [6.07, 6.45) is 0. The Hall–Kier alpha value is -4.09. The number of hydrogen-bond acceptors (Lipinski definition) is 6. The van der Waals surface area contributed by atoms with E-state index < -0.39 is 20.9 Å². The fraction of sp³-hybridized carbons (Fsp3) is 0.0435. The van der Waals surface area contributed by atoms with Crippen LogP contribution in [0, 0.1) is 10.1 Å². The third kappa shape index (κ3) is 5.45. The van der Waals surface area contributed by atoms with E-state index in [9.17, 15) is 23.3 Å². The molecule has 3 rings (SSSR count). The molecule has 0 aliphatic carbocycles. The van der Waals surface area contributed by atoms with Crippen molar-refractivity contribution in [3.63, 3.8) is 0 Å². The van der Waals surface area contributed by atoms with Gasteiger partial charge in [-0.1, -0.05) is 36.9 Å². The van der Waals surface area contributed by atoms with Crippen LogP contribution < -0.4 is 14.9 Å². The van der Waals surface area contributed by atoms with Crippen molar-refractivity contribution >= 4 is 50.3 Å². The first kappa shape index (κ1) is 24.6. The molecular formula is C23H20N4O5S2. The average molecular weight is 497 g/mol. The number of nitrogens with zero attached hydrogens (tertiary/aromatic N) is 2. The predicted molar refractivity (Wildman–Crippen MR) is 134 cm³/mol. The summed E-state index contributed by atoms with van der Waals surface area (Å²) in [5, 5.41) is 16.1. The maximum absolute atomic E-state index is 13.2. The number of anilines is 2. The van der Waals surface area contributed by atoms with Gasteiger partial charge in [0, 0.05) is 17.5 Å². The molecule has 34 heavy (non-hydrogen) atoms. The third-order valence-electron chi connectivity index (χ3n) is 4.56. The van der Waals surface area contributed by atoms with Crippen LogP contribution in [0.1, 0.15) is 17.3 Å². The van der Waals surface area contributed by atoms with E-state index in [2.05, 4.69) is 17.2 Å². The van der Waals surface area contributed by atoms with E-state index in [-0.39, 0.29) is 21.3 Å². The lowest BCUT2D eigenvalue weighted by Crippen LogP contribution is -2.34. The molecule has 0 bridgehead atoms. The van der Waals surface area contributed by atoms with Crippen LogP contribution in [0.15, 0.2) is 96.0 Å². The van der Waals surface area contributed by atoms with E-state index in [1.165, 1.54) is 48.5 Å². The van der Waals surface area contributed by atoms with Crippen LogP contribution in [-0.4, -0.2) is 24.4 Å². The number of allylic oxidation sites excluding steroid dienone is 1. The Morgan fingerprint density at radius 2 is 1.59 bits per heavy atom. The summed E-state index contributed by atoms with van der Waals surface area (Å²) < 4.78 is 27.6. The number of sulfonamides is 1. The first-order chi connectivity index (χ1) is 16.1. The largest absolute Gasteiger partial charge is 0.332 e. The molecule has 0 saturated heterocycles. The first-order valence-corrected chi connectivity index (χ1v) is 11.7. The topological polar surface area (TPSA) is 122 Å². The minimum Gasteiger partial charge on any atom is -0.332 e. The molecule has 0 saturated carbocycles. The maximum Gasteiger partial charge on any atom is 0.282 e. The van der Waals surface area contributed by atoms with Crippen molar-refractivity contribution in [3.05, 3.63) is 107 Å². The maximum atomic E-state index is 13.2. The molecular weight excluding hydrogens is 476 g/mol. The fourth-order valence-corrected chi connectivity index (χ4v) is 4.81. The molecule has 0 spiro atoms. The lowest BCUT2D eigenvalue weighted by molar-refractivity contribution is -0.385. The molecule has 2 N–H and O–H groups in total. The normalized spacial score (nSPS) is 10.7. The monoisotopic (exact) mass is 496 g/mol. The molecule has 0 radical (unpaired) electrons. The van der Waals surface area contributed by atoms with Crippen LogP contribution >= 0.6 is 12.2 Å². The summed E-state index contributed by atoms with van der Waals surface area (Å²) in [6.45, 7) is 5.38. The van der Waals surface area contributed by atoms with Crippen LogP contribution in [0.2, 0.25) is 0 Å². The van der Waals surface area contributed by atoms with Crippen LogP contribution in [-0.2, 0) is 10.0 Å². The zero-order valence-corrected chi connectivity index (χ0v) is 19.6. The van der Waals surface area contributed by atoms with Crippen molar-refractivity contribution in [2.45, 2.75) is 11.8 Å². The Morgan fingerprint density at radius 3 is 2.18 bits per heavy atom. The average Bonchev–Trinajstić information content (AvgIpc) is 2.79. The number of carbonyl (C=O) groups excluding carboxylic acids is 1. The van der Waals surface area contributed by atoms with Gasteiger partial charge in [-0.15, -0.1) is 0 Å². The summed E-state index contributed by atoms with van der Waals surface area (Å²) in [5.41, 5.74) is 0.702. The van der Waals surface area contributed by atoms with Crippen molar-refractivity contribution in [2.75, 3.05) is 9.62 Å². The van der Waals surface area contributed by atoms with Gasteiger partial charge in [0.1, 0.15) is 5.56 Å². The predicted octanol–water partition coefficient (Wildman–Crippen LogP) is 4.45. The van der Waals surface area contributed by atoms with Crippen molar-refractivity contribution in [2.24, 2.45) is 0 Å². The number of thiocarbonyl (C=S) groups is 1. The zero-order chi connectivity index (χ0) is 24.9. The molecule has 0 unspecified atom stereocenters. The minimum atomic E-state index is -3.93. The van der Waals surface area contributed by atoms with Crippen LogP contribution in [0.5, 0.6) is 0 Å². The van der Waals surface area contributed by atoms with Crippen molar-refractivity contribution in [1.82, 2.24) is 5.32 Å². The number of amides is 1. The number of carbonyl (C=O) groups is 1. The number of hydrogen-bond donors (Lipinski definition) is 2. The van der Waals surface area contributed by atoms with Crippen LogP contribution in [0.4, 0.5) is 17.1 Å². The Balaban J connectivity index is 1.74. The highest BCUT2D eigenvalue weighted by Gasteiger charge is 2.26. The molecule has 9 nitrogen and oxygen atoms in total. The number of benzene rings is 3. The SMILES string of the molecule is C=C(C)N(c1ccccc1)S(=O)(=O)c1ccc(NC(=S)NC(=O)c2ccccc2[N+](=O)[O-])cc1. The van der Waals surface area contributed by atoms with Gasteiger partial charge in [0.2, 0.25) is 0 Å². The highest BCUT2D eigenvalue weighted by Crippen LogP contribution is 2.27. The highest BCUT2D eigenvalue weighted by molar-refractivity contribution is 7.93. The highest BCUT2D eigenvalue weighted by atomic mass is 32.2. The Morgan fingerprint density at radius 1 is 1.00 bits per heavy atom. The van der Waals surface area contributed by atoms with E-state index in [1.54, 1.807) is 37.3 Å². The molecule has 0 aliphatic rings. The molecule has 0 fully saturated rings. The number of rotatable bonds is 7. The smallest absolute Gasteiger partial charge is 0.282 e. The number of nitro benzene ring substituents is 1. The summed E-state index contributed by atoms with van der Waals surface area (Å²) in [4.78, 5) is 22.9. The van der Waals surface area contributed by atoms with Crippen LogP contribution in [0.3, 0.4) is 0 Å². The quantitative estimate of drug-likeness (QED) is 0.281. The standard InChI is InChI=1S/C23H20N4O5S2/c1-16(2)26(18-8-4-3-5-9-18)34(31,32)19-14-12-17(13-15-19)24-23(33)25-22(28)20-10-6-7-11-21(20)27(29)30/h3-15H,1H2,2H3,(H2,24,25,28,33). The van der Waals surface area contributed by atoms with Gasteiger partial charge < -0.3 is 5.32 Å². The second-order valence-corrected chi connectivity index (χ2v) is 9.24. The summed E-state index contributed by atoms with van der Waals surface area (Å²) in [5.74, 6) is -0.746. The third-order valence-corrected chi connectivity index (χ3v) is 6.64. The molecule has 0 aromatic heterocycles. The Bertz CT molecular complexity index is 1360. The van der Waals surface area contributed by atoms with Gasteiger partial charge in [-0.25, -0.2) is 12.7 Å². The van der Waals surface area contributed by atoms with Crippen LogP contribution in [0.25, 0.3) is 0 Å². The molecule has 1 amide bonds. The number of para-hydroxylation sites is 2. The van der Waals surface area contributed by atoms with Crippen molar-refractivity contribution in [3.8, 4) is 0 Å². The van der Waals surface area contributed by atoms with E-state index in [0.29, 0.717) is 17.1 Å². The molecule has 174 valence electrons. The lowest BCUT2D eigenvalue weighted by Gasteiger charge is -2.24. The lowest BCUT2D eigenvalue weighted by atomic mass is 10.1. The Kier molecular flexibility index (Phi) is 7.39. The number of nitro groups is 1. The summed E-state index contributed by atoms with van der Waals surface area (Å²) >= 11 is 5.12. The minimum absolute atomic E-state index is 0.0276. The zero-order valence-electron chi connectivity index (χ0n) is 18.0. The van der Waals surface area contributed by atoms with Crippen molar-refractivity contribution in [1.29, 1.82) is 0 Å². The van der Waals surface area contributed by atoms with Gasteiger partial charge in [-0.05, 0) is 61.6 Å². The molecule has 3 aromatic rings.